The van der Waals surface area contributed by atoms with Crippen LogP contribution in [0.5, 0.6) is 0 Å². The molecule has 0 saturated heterocycles. The zero-order valence-corrected chi connectivity index (χ0v) is 10.2. The zero-order valence-electron chi connectivity index (χ0n) is 9.38. The Bertz CT molecular complexity index is 499. The van der Waals surface area contributed by atoms with Crippen LogP contribution in [0.4, 0.5) is 5.69 Å². The number of carboxylic acid groups (broad SMARTS) is 1. The molecule has 0 saturated carbocycles. The lowest BCUT2D eigenvalue weighted by Gasteiger charge is -2.07. The van der Waals surface area contributed by atoms with Crippen LogP contribution in [0.15, 0.2) is 18.3 Å². The van der Waals surface area contributed by atoms with Gasteiger partial charge in [-0.15, -0.1) is 0 Å². The Hall–Kier alpha value is -1.63. The van der Waals surface area contributed by atoms with Crippen LogP contribution in [-0.2, 0) is 10.0 Å². The van der Waals surface area contributed by atoms with E-state index in [2.05, 4.69) is 9.71 Å². The van der Waals surface area contributed by atoms with Gasteiger partial charge in [0, 0.05) is 6.20 Å². The highest BCUT2D eigenvalue weighted by molar-refractivity contribution is 7.92. The molecule has 6 nitrogen and oxygen atoms in total. The Balaban J connectivity index is 2.81. The van der Waals surface area contributed by atoms with Crippen LogP contribution in [0, 0.1) is 0 Å². The minimum absolute atomic E-state index is 0.0221. The second-order valence-corrected chi connectivity index (χ2v) is 5.35. The van der Waals surface area contributed by atoms with E-state index in [1.165, 1.54) is 18.3 Å². The van der Waals surface area contributed by atoms with E-state index in [-0.39, 0.29) is 17.1 Å². The Morgan fingerprint density at radius 3 is 2.82 bits per heavy atom. The molecule has 0 unspecified atom stereocenters. The van der Waals surface area contributed by atoms with Gasteiger partial charge >= 0.3 is 5.97 Å². The van der Waals surface area contributed by atoms with Crippen LogP contribution >= 0.6 is 0 Å². The lowest BCUT2D eigenvalue weighted by Crippen LogP contribution is -2.17. The van der Waals surface area contributed by atoms with Crippen molar-refractivity contribution in [2.75, 3.05) is 10.5 Å². The smallest absolute Gasteiger partial charge is 0.354 e. The first-order valence-electron chi connectivity index (χ1n) is 5.14. The number of unbranched alkanes of at least 4 members (excludes halogenated alkanes) is 1. The average Bonchev–Trinajstić information content (AvgIpc) is 2.26. The van der Waals surface area contributed by atoms with Gasteiger partial charge in [0.05, 0.1) is 11.4 Å². The van der Waals surface area contributed by atoms with Gasteiger partial charge in [-0.1, -0.05) is 13.3 Å². The van der Waals surface area contributed by atoms with Gasteiger partial charge in [0.15, 0.2) is 0 Å². The molecule has 1 rings (SSSR count). The third-order valence-corrected chi connectivity index (χ3v) is 3.39. The van der Waals surface area contributed by atoms with Crippen molar-refractivity contribution in [3.8, 4) is 0 Å². The summed E-state index contributed by atoms with van der Waals surface area (Å²) in [6.07, 6.45) is 2.59. The zero-order chi connectivity index (χ0) is 12.9. The molecule has 1 aromatic heterocycles. The van der Waals surface area contributed by atoms with Crippen molar-refractivity contribution < 1.29 is 18.3 Å². The molecule has 17 heavy (non-hydrogen) atoms. The van der Waals surface area contributed by atoms with E-state index >= 15 is 0 Å². The molecule has 0 aliphatic rings. The Morgan fingerprint density at radius 1 is 1.53 bits per heavy atom. The molecule has 7 heteroatoms. The number of aromatic carboxylic acids is 1. The molecule has 0 aliphatic heterocycles. The molecule has 0 fully saturated rings. The number of hydrogen-bond acceptors (Lipinski definition) is 4. The lowest BCUT2D eigenvalue weighted by atomic mass is 10.3. The lowest BCUT2D eigenvalue weighted by molar-refractivity contribution is 0.0690. The second-order valence-electron chi connectivity index (χ2n) is 3.51. The van der Waals surface area contributed by atoms with Crippen molar-refractivity contribution in [2.45, 2.75) is 19.8 Å². The van der Waals surface area contributed by atoms with Crippen molar-refractivity contribution in [3.63, 3.8) is 0 Å². The van der Waals surface area contributed by atoms with Gasteiger partial charge in [0.1, 0.15) is 5.69 Å². The molecule has 0 aliphatic carbocycles. The summed E-state index contributed by atoms with van der Waals surface area (Å²) in [6, 6.07) is 2.60. The number of hydrogen-bond donors (Lipinski definition) is 2. The number of sulfonamides is 1. The fourth-order valence-corrected chi connectivity index (χ4v) is 2.43. The van der Waals surface area contributed by atoms with Crippen LogP contribution in [0.2, 0.25) is 0 Å². The van der Waals surface area contributed by atoms with E-state index in [1.54, 1.807) is 0 Å². The van der Waals surface area contributed by atoms with E-state index in [0.717, 1.165) is 6.42 Å². The number of anilines is 1. The molecule has 0 amide bonds. The van der Waals surface area contributed by atoms with Gasteiger partial charge < -0.3 is 5.11 Å². The third-order valence-electron chi connectivity index (χ3n) is 2.02. The molecule has 2 N–H and O–H groups in total. The van der Waals surface area contributed by atoms with Crippen molar-refractivity contribution in [3.05, 3.63) is 24.0 Å². The molecular weight excluding hydrogens is 244 g/mol. The number of rotatable bonds is 6. The van der Waals surface area contributed by atoms with Gasteiger partial charge in [0.25, 0.3) is 0 Å². The number of carbonyl (C=O) groups is 1. The molecule has 1 aromatic rings. The maximum Gasteiger partial charge on any atom is 0.354 e. The number of pyridine rings is 1. The fourth-order valence-electron chi connectivity index (χ4n) is 1.18. The quantitative estimate of drug-likeness (QED) is 0.802. The van der Waals surface area contributed by atoms with Gasteiger partial charge in [-0.2, -0.15) is 0 Å². The van der Waals surface area contributed by atoms with Crippen LogP contribution in [0.1, 0.15) is 30.3 Å². The largest absolute Gasteiger partial charge is 0.477 e. The molecule has 94 valence electrons. The summed E-state index contributed by atoms with van der Waals surface area (Å²) < 4.78 is 25.4. The van der Waals surface area contributed by atoms with Gasteiger partial charge in [0.2, 0.25) is 10.0 Å². The topological polar surface area (TPSA) is 96.4 Å². The van der Waals surface area contributed by atoms with Crippen molar-refractivity contribution in [2.24, 2.45) is 0 Å². The van der Waals surface area contributed by atoms with E-state index in [9.17, 15) is 13.2 Å². The first-order chi connectivity index (χ1) is 7.94. The molecule has 0 atom stereocenters. The van der Waals surface area contributed by atoms with E-state index in [1.807, 2.05) is 6.92 Å². The Labute approximate surface area is 99.7 Å². The van der Waals surface area contributed by atoms with E-state index in [4.69, 9.17) is 5.11 Å². The molecule has 0 aromatic carbocycles. The van der Waals surface area contributed by atoms with Crippen LogP contribution in [-0.4, -0.2) is 30.2 Å². The van der Waals surface area contributed by atoms with Crippen molar-refractivity contribution >= 4 is 21.7 Å². The highest BCUT2D eigenvalue weighted by atomic mass is 32.2. The van der Waals surface area contributed by atoms with E-state index in [0.29, 0.717) is 6.42 Å². The summed E-state index contributed by atoms with van der Waals surface area (Å²) >= 11 is 0. The summed E-state index contributed by atoms with van der Waals surface area (Å²) in [5.41, 5.74) is 0.0224. The molecular formula is C10H14N2O4S. The highest BCUT2D eigenvalue weighted by Crippen LogP contribution is 2.11. The summed E-state index contributed by atoms with van der Waals surface area (Å²) in [5, 5.41) is 8.71. The van der Waals surface area contributed by atoms with Gasteiger partial charge in [-0.25, -0.2) is 18.2 Å². The second kappa shape index (κ2) is 5.62. The average molecular weight is 258 g/mol. The van der Waals surface area contributed by atoms with Gasteiger partial charge in [-0.3, -0.25) is 4.72 Å². The number of nitrogens with zero attached hydrogens (tertiary/aromatic N) is 1. The summed E-state index contributed by atoms with van der Waals surface area (Å²) in [6.45, 7) is 1.89. The molecule has 0 spiro atoms. The molecule has 0 radical (unpaired) electrons. The van der Waals surface area contributed by atoms with Crippen molar-refractivity contribution in [1.29, 1.82) is 0 Å². The summed E-state index contributed by atoms with van der Waals surface area (Å²) in [4.78, 5) is 14.2. The monoisotopic (exact) mass is 258 g/mol. The SMILES string of the molecule is CCCCS(=O)(=O)Nc1ccnc(C(=O)O)c1. The predicted octanol–water partition coefficient (Wildman–Crippen LogP) is 1.32. The van der Waals surface area contributed by atoms with Gasteiger partial charge in [-0.05, 0) is 18.6 Å². The minimum Gasteiger partial charge on any atom is -0.477 e. The fraction of sp³-hybridized carbons (Fsp3) is 0.400. The highest BCUT2D eigenvalue weighted by Gasteiger charge is 2.11. The number of aromatic nitrogens is 1. The number of carboxylic acids is 1. The molecule has 0 bridgehead atoms. The predicted molar refractivity (Wildman–Crippen MR) is 63.5 cm³/mol. The summed E-state index contributed by atoms with van der Waals surface area (Å²) in [5.74, 6) is -1.17. The third kappa shape index (κ3) is 4.39. The maximum absolute atomic E-state index is 11.6. The number of nitrogens with one attached hydrogen (secondary N) is 1. The normalized spacial score (nSPS) is 11.1. The summed E-state index contributed by atoms with van der Waals surface area (Å²) in [7, 11) is -3.41. The van der Waals surface area contributed by atoms with Crippen molar-refractivity contribution in [1.82, 2.24) is 4.98 Å². The first kappa shape index (κ1) is 13.4. The van der Waals surface area contributed by atoms with Crippen LogP contribution in [0.3, 0.4) is 0 Å². The minimum atomic E-state index is -3.41. The standard InChI is InChI=1S/C10H14N2O4S/c1-2-3-6-17(15,16)12-8-4-5-11-9(7-8)10(13)14/h4-5,7H,2-3,6H2,1H3,(H,11,12)(H,13,14). The van der Waals surface area contributed by atoms with Crippen LogP contribution in [0.25, 0.3) is 0 Å². The van der Waals surface area contributed by atoms with Crippen LogP contribution < -0.4 is 4.72 Å². The Kier molecular flexibility index (Phi) is 4.45. The molecule has 1 heterocycles. The maximum atomic E-state index is 11.6. The Morgan fingerprint density at radius 2 is 2.24 bits per heavy atom. The van der Waals surface area contributed by atoms with E-state index < -0.39 is 16.0 Å². The first-order valence-corrected chi connectivity index (χ1v) is 6.79.